The first-order chi connectivity index (χ1) is 9.79. The van der Waals surface area contributed by atoms with Gasteiger partial charge in [-0.25, -0.2) is 0 Å². The van der Waals surface area contributed by atoms with E-state index < -0.39 is 0 Å². The predicted octanol–water partition coefficient (Wildman–Crippen LogP) is 4.30. The maximum atomic E-state index is 3.94. The van der Waals surface area contributed by atoms with Crippen LogP contribution in [0.15, 0.2) is 41.5 Å². The van der Waals surface area contributed by atoms with Crippen molar-refractivity contribution in [2.24, 2.45) is 0 Å². The molecule has 2 heterocycles. The smallest absolute Gasteiger partial charge is 0.0458 e. The van der Waals surface area contributed by atoms with Gasteiger partial charge >= 0.3 is 0 Å². The summed E-state index contributed by atoms with van der Waals surface area (Å²) >= 11 is 3.58. The molecule has 0 unspecified atom stereocenters. The second-order valence-electron chi connectivity index (χ2n) is 5.26. The Morgan fingerprint density at radius 3 is 2.68 bits per heavy atom. The van der Waals surface area contributed by atoms with Gasteiger partial charge in [0.15, 0.2) is 0 Å². The van der Waals surface area contributed by atoms with Crippen LogP contribution in [0.5, 0.6) is 0 Å². The van der Waals surface area contributed by atoms with Crippen LogP contribution in [0.25, 0.3) is 10.9 Å². The molecule has 2 N–H and O–H groups in total. The third-order valence-corrected chi connectivity index (χ3v) is 4.51. The highest BCUT2D eigenvalue weighted by Crippen LogP contribution is 2.32. The maximum absolute atomic E-state index is 3.94. The lowest BCUT2D eigenvalue weighted by Gasteiger charge is -2.34. The molecule has 0 aliphatic carbocycles. The monoisotopic (exact) mass is 405 g/mol. The SMILES string of the molecule is C=CC[C@H](c1c[nH]c2ccc(Br)cc12)N1CCNCC1.Cl.Cl. The molecule has 0 spiro atoms. The molecule has 122 valence electrons. The largest absolute Gasteiger partial charge is 0.361 e. The quantitative estimate of drug-likeness (QED) is 0.741. The number of hydrogen-bond donors (Lipinski definition) is 2. The van der Waals surface area contributed by atoms with Crippen molar-refractivity contribution < 1.29 is 0 Å². The van der Waals surface area contributed by atoms with Gasteiger partial charge in [-0.05, 0) is 30.2 Å². The van der Waals surface area contributed by atoms with E-state index in [-0.39, 0.29) is 24.8 Å². The van der Waals surface area contributed by atoms with E-state index in [1.165, 1.54) is 16.5 Å². The zero-order valence-corrected chi connectivity index (χ0v) is 15.6. The Morgan fingerprint density at radius 1 is 1.27 bits per heavy atom. The lowest BCUT2D eigenvalue weighted by molar-refractivity contribution is 0.175. The summed E-state index contributed by atoms with van der Waals surface area (Å²) in [6.07, 6.45) is 5.18. The van der Waals surface area contributed by atoms with Gasteiger partial charge in [0.25, 0.3) is 0 Å². The first-order valence-electron chi connectivity index (χ1n) is 7.12. The van der Waals surface area contributed by atoms with Gasteiger partial charge in [-0.1, -0.05) is 22.0 Å². The van der Waals surface area contributed by atoms with E-state index in [1.807, 2.05) is 6.08 Å². The molecule has 0 saturated carbocycles. The molecule has 1 aliphatic rings. The Kier molecular flexibility index (Phi) is 7.94. The van der Waals surface area contributed by atoms with E-state index in [0.717, 1.165) is 37.1 Å². The van der Waals surface area contributed by atoms with Crippen LogP contribution in [0.4, 0.5) is 0 Å². The molecule has 1 fully saturated rings. The molecule has 1 aromatic heterocycles. The molecule has 3 rings (SSSR count). The number of piperazine rings is 1. The van der Waals surface area contributed by atoms with Crippen LogP contribution in [-0.4, -0.2) is 36.1 Å². The Morgan fingerprint density at radius 2 is 2.00 bits per heavy atom. The van der Waals surface area contributed by atoms with E-state index in [9.17, 15) is 0 Å². The molecule has 22 heavy (non-hydrogen) atoms. The van der Waals surface area contributed by atoms with Gasteiger partial charge < -0.3 is 10.3 Å². The summed E-state index contributed by atoms with van der Waals surface area (Å²) in [7, 11) is 0. The molecule has 0 radical (unpaired) electrons. The van der Waals surface area contributed by atoms with Crippen LogP contribution in [-0.2, 0) is 0 Å². The Balaban J connectivity index is 0.00000121. The highest BCUT2D eigenvalue weighted by molar-refractivity contribution is 9.10. The molecular formula is C16H22BrCl2N3. The minimum atomic E-state index is 0. The summed E-state index contributed by atoms with van der Waals surface area (Å²) in [4.78, 5) is 5.95. The van der Waals surface area contributed by atoms with Crippen LogP contribution in [0, 0.1) is 0 Å². The lowest BCUT2D eigenvalue weighted by Crippen LogP contribution is -2.45. The molecule has 0 bridgehead atoms. The number of aromatic nitrogens is 1. The Hall–Kier alpha value is -0.520. The molecule has 1 aliphatic heterocycles. The van der Waals surface area contributed by atoms with Crippen molar-refractivity contribution >= 4 is 51.6 Å². The van der Waals surface area contributed by atoms with Crippen LogP contribution in [0.2, 0.25) is 0 Å². The van der Waals surface area contributed by atoms with Crippen molar-refractivity contribution in [1.82, 2.24) is 15.2 Å². The number of H-pyrrole nitrogens is 1. The van der Waals surface area contributed by atoms with Crippen LogP contribution in [0.3, 0.4) is 0 Å². The average Bonchev–Trinajstić information content (AvgIpc) is 2.88. The molecule has 3 nitrogen and oxygen atoms in total. The minimum Gasteiger partial charge on any atom is -0.361 e. The van der Waals surface area contributed by atoms with E-state index in [1.54, 1.807) is 0 Å². The normalized spacial score (nSPS) is 16.6. The number of rotatable bonds is 4. The fourth-order valence-electron chi connectivity index (χ4n) is 3.01. The van der Waals surface area contributed by atoms with Crippen molar-refractivity contribution in [1.29, 1.82) is 0 Å². The van der Waals surface area contributed by atoms with Gasteiger partial charge in [-0.15, -0.1) is 31.4 Å². The number of nitrogens with zero attached hydrogens (tertiary/aromatic N) is 1. The van der Waals surface area contributed by atoms with Crippen molar-refractivity contribution in [3.05, 3.63) is 47.1 Å². The minimum absolute atomic E-state index is 0. The highest BCUT2D eigenvalue weighted by Gasteiger charge is 2.23. The van der Waals surface area contributed by atoms with Crippen molar-refractivity contribution in [3.8, 4) is 0 Å². The fourth-order valence-corrected chi connectivity index (χ4v) is 3.38. The summed E-state index contributed by atoms with van der Waals surface area (Å²) in [5.74, 6) is 0. The third kappa shape index (κ3) is 4.06. The highest BCUT2D eigenvalue weighted by atomic mass is 79.9. The predicted molar refractivity (Wildman–Crippen MR) is 102 cm³/mol. The van der Waals surface area contributed by atoms with E-state index in [4.69, 9.17) is 0 Å². The second-order valence-corrected chi connectivity index (χ2v) is 6.18. The van der Waals surface area contributed by atoms with Gasteiger partial charge in [0.2, 0.25) is 0 Å². The Bertz CT molecular complexity index is 608. The molecule has 1 aromatic carbocycles. The van der Waals surface area contributed by atoms with Gasteiger partial charge in [0.1, 0.15) is 0 Å². The topological polar surface area (TPSA) is 31.1 Å². The Labute approximate surface area is 152 Å². The van der Waals surface area contributed by atoms with Crippen LogP contribution >= 0.6 is 40.7 Å². The van der Waals surface area contributed by atoms with E-state index in [2.05, 4.69) is 62.1 Å². The average molecular weight is 407 g/mol. The fraction of sp³-hybridized carbons (Fsp3) is 0.375. The number of aromatic amines is 1. The number of halogens is 3. The first kappa shape index (κ1) is 19.5. The van der Waals surface area contributed by atoms with E-state index in [0.29, 0.717) is 6.04 Å². The van der Waals surface area contributed by atoms with Gasteiger partial charge in [-0.3, -0.25) is 4.90 Å². The second kappa shape index (κ2) is 8.94. The van der Waals surface area contributed by atoms with Crippen LogP contribution in [0.1, 0.15) is 18.0 Å². The first-order valence-corrected chi connectivity index (χ1v) is 7.91. The molecule has 1 atom stereocenters. The standard InChI is InChI=1S/C16H20BrN3.2ClH/c1-2-3-16(20-8-6-18-7-9-20)14-11-19-15-5-4-12(17)10-13(14)15;;/h2,4-5,10-11,16,18-19H,1,3,6-9H2;2*1H/t16-;;/m1../s1. The molecular weight excluding hydrogens is 385 g/mol. The summed E-state index contributed by atoms with van der Waals surface area (Å²) in [6, 6.07) is 6.83. The molecule has 0 amide bonds. The zero-order chi connectivity index (χ0) is 13.9. The van der Waals surface area contributed by atoms with Gasteiger partial charge in [0, 0.05) is 53.8 Å². The summed E-state index contributed by atoms with van der Waals surface area (Å²) in [5.41, 5.74) is 2.58. The summed E-state index contributed by atoms with van der Waals surface area (Å²) < 4.78 is 1.13. The van der Waals surface area contributed by atoms with Crippen molar-refractivity contribution in [2.75, 3.05) is 26.2 Å². The molecule has 1 saturated heterocycles. The van der Waals surface area contributed by atoms with Crippen molar-refractivity contribution in [3.63, 3.8) is 0 Å². The molecule has 6 heteroatoms. The van der Waals surface area contributed by atoms with Gasteiger partial charge in [-0.2, -0.15) is 0 Å². The number of fused-ring (bicyclic) bond motifs is 1. The number of benzene rings is 1. The third-order valence-electron chi connectivity index (χ3n) is 4.02. The zero-order valence-electron chi connectivity index (χ0n) is 12.3. The number of nitrogens with one attached hydrogen (secondary N) is 2. The molecule has 2 aromatic rings. The lowest BCUT2D eigenvalue weighted by atomic mass is 10.0. The van der Waals surface area contributed by atoms with Crippen LogP contribution < -0.4 is 5.32 Å². The summed E-state index contributed by atoms with van der Waals surface area (Å²) in [6.45, 7) is 8.27. The van der Waals surface area contributed by atoms with Crippen molar-refractivity contribution in [2.45, 2.75) is 12.5 Å². The van der Waals surface area contributed by atoms with E-state index >= 15 is 0 Å². The summed E-state index contributed by atoms with van der Waals surface area (Å²) in [5, 5.41) is 4.73. The number of hydrogen-bond acceptors (Lipinski definition) is 2. The maximum Gasteiger partial charge on any atom is 0.0458 e. The van der Waals surface area contributed by atoms with Gasteiger partial charge in [0.05, 0.1) is 0 Å².